The third-order valence-corrected chi connectivity index (χ3v) is 6.83. The molecule has 1 saturated heterocycles. The van der Waals surface area contributed by atoms with Crippen molar-refractivity contribution in [3.8, 4) is 16.9 Å². The van der Waals surface area contributed by atoms with Gasteiger partial charge < -0.3 is 10.5 Å². The van der Waals surface area contributed by atoms with Gasteiger partial charge in [0.1, 0.15) is 24.0 Å². The largest absolute Gasteiger partial charge is 0.490 e. The molecule has 0 amide bonds. The molecule has 28 heavy (non-hydrogen) atoms. The van der Waals surface area contributed by atoms with Crippen molar-refractivity contribution in [1.29, 1.82) is 0 Å². The van der Waals surface area contributed by atoms with E-state index < -0.39 is 11.6 Å². The lowest BCUT2D eigenvalue weighted by molar-refractivity contribution is 0.108. The summed E-state index contributed by atoms with van der Waals surface area (Å²) < 4.78 is 35.7. The van der Waals surface area contributed by atoms with Crippen LogP contribution in [0, 0.1) is 11.6 Å². The van der Waals surface area contributed by atoms with Crippen molar-refractivity contribution in [2.75, 3.05) is 18.9 Å². The summed E-state index contributed by atoms with van der Waals surface area (Å²) in [5.41, 5.74) is 7.41. The Hall–Kier alpha value is -1.96. The van der Waals surface area contributed by atoms with Gasteiger partial charge in [-0.25, -0.2) is 13.8 Å². The van der Waals surface area contributed by atoms with E-state index in [0.717, 1.165) is 36.3 Å². The quantitative estimate of drug-likeness (QED) is 0.585. The summed E-state index contributed by atoms with van der Waals surface area (Å²) in [4.78, 5) is 6.54. The standard InChI is InChI=1S/C20H18ClF2N3OS/c21-16-15(12-4-5-13(22)19-17(12)25-20(24)28-19)14(23)7-10-8-26-6-2-1-3-11(26)9-27-18(10)16/h4-5,7,11H,1-3,6,8-9H2,(H2,24,25)/t11-/m0/s1. The molecule has 0 bridgehead atoms. The maximum atomic E-state index is 15.2. The highest BCUT2D eigenvalue weighted by Crippen LogP contribution is 2.45. The van der Waals surface area contributed by atoms with Crippen LogP contribution in [0.1, 0.15) is 24.8 Å². The first-order valence-corrected chi connectivity index (χ1v) is 10.4. The molecule has 5 rings (SSSR count). The fraction of sp³-hybridized carbons (Fsp3) is 0.350. The van der Waals surface area contributed by atoms with Crippen LogP contribution >= 0.6 is 22.9 Å². The number of fused-ring (bicyclic) bond motifs is 3. The molecule has 1 aromatic heterocycles. The molecule has 0 aliphatic carbocycles. The number of nitrogens with zero attached hydrogens (tertiary/aromatic N) is 2. The third kappa shape index (κ3) is 2.84. The second-order valence-corrected chi connectivity index (χ2v) is 8.70. The summed E-state index contributed by atoms with van der Waals surface area (Å²) >= 11 is 7.68. The van der Waals surface area contributed by atoms with Crippen molar-refractivity contribution in [1.82, 2.24) is 9.88 Å². The van der Waals surface area contributed by atoms with Crippen LogP contribution in [0.4, 0.5) is 13.9 Å². The fourth-order valence-corrected chi connectivity index (χ4v) is 5.35. The lowest BCUT2D eigenvalue weighted by Gasteiger charge is -2.33. The van der Waals surface area contributed by atoms with Gasteiger partial charge in [-0.1, -0.05) is 29.4 Å². The van der Waals surface area contributed by atoms with E-state index in [1.165, 1.54) is 24.6 Å². The Bertz CT molecular complexity index is 1090. The first kappa shape index (κ1) is 18.1. The summed E-state index contributed by atoms with van der Waals surface area (Å²) in [6.07, 6.45) is 3.38. The Morgan fingerprint density at radius 2 is 2.11 bits per heavy atom. The molecule has 2 N–H and O–H groups in total. The van der Waals surface area contributed by atoms with Gasteiger partial charge in [0.05, 0.1) is 15.2 Å². The smallest absolute Gasteiger partial charge is 0.181 e. The highest BCUT2D eigenvalue weighted by molar-refractivity contribution is 7.22. The number of hydrogen-bond acceptors (Lipinski definition) is 5. The van der Waals surface area contributed by atoms with Gasteiger partial charge in [-0.05, 0) is 37.6 Å². The van der Waals surface area contributed by atoms with Gasteiger partial charge in [0, 0.05) is 29.3 Å². The van der Waals surface area contributed by atoms with Gasteiger partial charge in [-0.2, -0.15) is 0 Å². The molecule has 2 aromatic carbocycles. The van der Waals surface area contributed by atoms with Crippen molar-refractivity contribution in [2.24, 2.45) is 0 Å². The molecule has 0 saturated carbocycles. The number of ether oxygens (including phenoxy) is 1. The molecule has 3 aromatic rings. The van der Waals surface area contributed by atoms with Gasteiger partial charge in [-0.3, -0.25) is 4.90 Å². The molecule has 146 valence electrons. The molecule has 1 atom stereocenters. The van der Waals surface area contributed by atoms with Crippen LogP contribution in [0.3, 0.4) is 0 Å². The van der Waals surface area contributed by atoms with Crippen LogP contribution in [0.15, 0.2) is 18.2 Å². The summed E-state index contributed by atoms with van der Waals surface area (Å²) in [6, 6.07) is 4.59. The normalized spacial score (nSPS) is 19.8. The fourth-order valence-electron chi connectivity index (χ4n) is 4.22. The number of nitrogens with two attached hydrogens (primary N) is 1. The van der Waals surface area contributed by atoms with Crippen molar-refractivity contribution in [3.05, 3.63) is 40.4 Å². The van der Waals surface area contributed by atoms with Crippen LogP contribution < -0.4 is 10.5 Å². The van der Waals surface area contributed by atoms with Crippen molar-refractivity contribution in [3.63, 3.8) is 0 Å². The number of halogens is 3. The maximum Gasteiger partial charge on any atom is 0.181 e. The number of rotatable bonds is 1. The van der Waals surface area contributed by atoms with Crippen LogP contribution in [0.25, 0.3) is 21.3 Å². The topological polar surface area (TPSA) is 51.4 Å². The summed E-state index contributed by atoms with van der Waals surface area (Å²) in [7, 11) is 0. The first-order chi connectivity index (χ1) is 13.5. The van der Waals surface area contributed by atoms with Gasteiger partial charge in [-0.15, -0.1) is 0 Å². The molecule has 2 aliphatic rings. The Morgan fingerprint density at radius 1 is 1.25 bits per heavy atom. The van der Waals surface area contributed by atoms with Gasteiger partial charge >= 0.3 is 0 Å². The summed E-state index contributed by atoms with van der Waals surface area (Å²) in [5.74, 6) is -0.400. The molecule has 4 nitrogen and oxygen atoms in total. The van der Waals surface area contributed by atoms with E-state index in [1.807, 2.05) is 0 Å². The molecule has 3 heterocycles. The second kappa shape index (κ2) is 6.83. The monoisotopic (exact) mass is 421 g/mol. The average molecular weight is 422 g/mol. The van der Waals surface area contributed by atoms with E-state index in [0.29, 0.717) is 40.7 Å². The predicted octanol–water partition coefficient (Wildman–Crippen LogP) is 5.22. The number of piperidine rings is 1. The zero-order valence-corrected chi connectivity index (χ0v) is 16.5. The van der Waals surface area contributed by atoms with Crippen molar-refractivity contribution in [2.45, 2.75) is 31.8 Å². The molecular formula is C20H18ClF2N3OS. The summed E-state index contributed by atoms with van der Waals surface area (Å²) in [5, 5.41) is 0.426. The van der Waals surface area contributed by atoms with E-state index in [2.05, 4.69) is 9.88 Å². The first-order valence-electron chi connectivity index (χ1n) is 9.25. The number of benzene rings is 2. The maximum absolute atomic E-state index is 15.2. The van der Waals surface area contributed by atoms with Crippen molar-refractivity contribution < 1.29 is 13.5 Å². The Balaban J connectivity index is 1.67. The zero-order chi connectivity index (χ0) is 19.4. The molecule has 8 heteroatoms. The van der Waals surface area contributed by atoms with Crippen LogP contribution in [0.5, 0.6) is 5.75 Å². The van der Waals surface area contributed by atoms with Crippen LogP contribution in [-0.4, -0.2) is 29.1 Å². The van der Waals surface area contributed by atoms with E-state index in [4.69, 9.17) is 22.1 Å². The van der Waals surface area contributed by atoms with E-state index >= 15 is 4.39 Å². The number of hydrogen-bond donors (Lipinski definition) is 1. The minimum atomic E-state index is -0.470. The number of thiazole rings is 1. The molecule has 2 aliphatic heterocycles. The lowest BCUT2D eigenvalue weighted by atomic mass is 9.99. The zero-order valence-electron chi connectivity index (χ0n) is 15.0. The van der Waals surface area contributed by atoms with Gasteiger partial charge in [0.2, 0.25) is 0 Å². The van der Waals surface area contributed by atoms with Crippen molar-refractivity contribution >= 4 is 38.3 Å². The highest BCUT2D eigenvalue weighted by Gasteiger charge is 2.30. The minimum absolute atomic E-state index is 0.176. The van der Waals surface area contributed by atoms with Crippen LogP contribution in [-0.2, 0) is 6.54 Å². The minimum Gasteiger partial charge on any atom is -0.490 e. The number of anilines is 1. The molecule has 0 spiro atoms. The molecule has 1 fully saturated rings. The average Bonchev–Trinajstić information content (AvgIpc) is 2.96. The second-order valence-electron chi connectivity index (χ2n) is 7.29. The Labute approximate surface area is 169 Å². The number of aromatic nitrogens is 1. The summed E-state index contributed by atoms with van der Waals surface area (Å²) in [6.45, 7) is 2.12. The van der Waals surface area contributed by atoms with Gasteiger partial charge in [0.15, 0.2) is 5.13 Å². The molecule has 0 unspecified atom stereocenters. The SMILES string of the molecule is Nc1nc2c(-c3c(F)cc4c(c3Cl)OC[C@@H]3CCCCN3C4)ccc(F)c2s1. The highest BCUT2D eigenvalue weighted by atomic mass is 35.5. The van der Waals surface area contributed by atoms with E-state index in [9.17, 15) is 4.39 Å². The Kier molecular flexibility index (Phi) is 4.41. The Morgan fingerprint density at radius 3 is 2.96 bits per heavy atom. The molecular weight excluding hydrogens is 404 g/mol. The molecule has 0 radical (unpaired) electrons. The predicted molar refractivity (Wildman–Crippen MR) is 108 cm³/mol. The van der Waals surface area contributed by atoms with Gasteiger partial charge in [0.25, 0.3) is 0 Å². The lowest BCUT2D eigenvalue weighted by Crippen LogP contribution is -2.40. The van der Waals surface area contributed by atoms with Crippen LogP contribution in [0.2, 0.25) is 5.02 Å². The third-order valence-electron chi connectivity index (χ3n) is 5.57. The van der Waals surface area contributed by atoms with E-state index in [1.54, 1.807) is 0 Å². The van der Waals surface area contributed by atoms with E-state index in [-0.39, 0.29) is 15.7 Å². The number of nitrogen functional groups attached to an aromatic ring is 1.